The summed E-state index contributed by atoms with van der Waals surface area (Å²) < 4.78 is 2.27. The molecule has 194 valence electrons. The minimum Gasteiger partial charge on any atom is -0.296 e. The van der Waals surface area contributed by atoms with Gasteiger partial charge in [-0.3, -0.25) is 4.57 Å². The second-order valence-electron chi connectivity index (χ2n) is 10.5. The molecule has 0 spiro atoms. The van der Waals surface area contributed by atoms with E-state index in [1.807, 2.05) is 6.07 Å². The summed E-state index contributed by atoms with van der Waals surface area (Å²) in [5.41, 5.74) is 8.84. The van der Waals surface area contributed by atoms with Gasteiger partial charge in [-0.05, 0) is 52.2 Å². The Labute approximate surface area is 238 Å². The molecule has 0 N–H and O–H groups in total. The van der Waals surface area contributed by atoms with Crippen LogP contribution in [-0.4, -0.2) is 14.5 Å². The maximum Gasteiger partial charge on any atom is 0.114 e. The van der Waals surface area contributed by atoms with Crippen LogP contribution in [0.4, 0.5) is 0 Å². The van der Waals surface area contributed by atoms with Crippen molar-refractivity contribution in [3.8, 4) is 28.1 Å². The van der Waals surface area contributed by atoms with Crippen LogP contribution in [-0.2, 0) is 6.42 Å². The van der Waals surface area contributed by atoms with Gasteiger partial charge in [-0.25, -0.2) is 9.97 Å². The van der Waals surface area contributed by atoms with E-state index in [4.69, 9.17) is 9.97 Å². The van der Waals surface area contributed by atoms with Crippen LogP contribution in [0.5, 0.6) is 0 Å². The van der Waals surface area contributed by atoms with Gasteiger partial charge in [-0.15, -0.1) is 0 Å². The Morgan fingerprint density at radius 3 is 1.93 bits per heavy atom. The van der Waals surface area contributed by atoms with E-state index in [1.165, 1.54) is 38.1 Å². The number of aryl methyl sites for hydroxylation is 1. The summed E-state index contributed by atoms with van der Waals surface area (Å²) in [5, 5.41) is 6.14. The molecule has 3 nitrogen and oxygen atoms in total. The van der Waals surface area contributed by atoms with Crippen molar-refractivity contribution < 1.29 is 0 Å². The highest BCUT2D eigenvalue weighted by Gasteiger charge is 2.14. The normalized spacial score (nSPS) is 11.6. The SMILES string of the molecule is CCc1nc2ccccc2n1-c1ccc(-c2ccc(-c3nc4ccccc4c4c3ccc3ccccc34)cc2)cc1. The number of para-hydroxylation sites is 3. The van der Waals surface area contributed by atoms with Gasteiger partial charge in [0.2, 0.25) is 0 Å². The average Bonchev–Trinajstić information content (AvgIpc) is 3.43. The van der Waals surface area contributed by atoms with Gasteiger partial charge in [-0.1, -0.05) is 110 Å². The van der Waals surface area contributed by atoms with Crippen molar-refractivity contribution in [2.24, 2.45) is 0 Å². The van der Waals surface area contributed by atoms with E-state index >= 15 is 0 Å². The fourth-order valence-electron chi connectivity index (χ4n) is 6.17. The monoisotopic (exact) mass is 525 g/mol. The molecule has 8 rings (SSSR count). The van der Waals surface area contributed by atoms with Crippen LogP contribution in [0.1, 0.15) is 12.7 Å². The fraction of sp³-hybridized carbons (Fsp3) is 0.0526. The van der Waals surface area contributed by atoms with E-state index in [1.54, 1.807) is 0 Å². The number of rotatable bonds is 4. The molecule has 3 heteroatoms. The molecule has 2 heterocycles. The highest BCUT2D eigenvalue weighted by molar-refractivity contribution is 6.22. The van der Waals surface area contributed by atoms with Crippen LogP contribution in [0.2, 0.25) is 0 Å². The molecular weight excluding hydrogens is 498 g/mol. The molecule has 8 aromatic rings. The lowest BCUT2D eigenvalue weighted by Crippen LogP contribution is -1.99. The van der Waals surface area contributed by atoms with Crippen LogP contribution >= 0.6 is 0 Å². The molecule has 0 amide bonds. The second kappa shape index (κ2) is 9.42. The lowest BCUT2D eigenvalue weighted by Gasteiger charge is -2.13. The van der Waals surface area contributed by atoms with E-state index in [0.717, 1.165) is 45.7 Å². The summed E-state index contributed by atoms with van der Waals surface area (Å²) in [6.45, 7) is 2.16. The van der Waals surface area contributed by atoms with E-state index in [2.05, 4.69) is 139 Å². The topological polar surface area (TPSA) is 30.7 Å². The average molecular weight is 526 g/mol. The predicted octanol–water partition coefficient (Wildman–Crippen LogP) is 9.78. The Kier molecular flexibility index (Phi) is 5.42. The second-order valence-corrected chi connectivity index (χ2v) is 10.5. The van der Waals surface area contributed by atoms with E-state index in [0.29, 0.717) is 0 Å². The lowest BCUT2D eigenvalue weighted by atomic mass is 9.94. The zero-order chi connectivity index (χ0) is 27.3. The first-order chi connectivity index (χ1) is 20.3. The van der Waals surface area contributed by atoms with Crippen molar-refractivity contribution in [1.29, 1.82) is 0 Å². The van der Waals surface area contributed by atoms with Crippen molar-refractivity contribution in [2.75, 3.05) is 0 Å². The standard InChI is InChI=1S/C38H27N3/c1-2-36-39-34-13-7-8-14-35(34)41(36)29-22-19-26(20-23-29)25-15-17-28(18-16-25)38-32-24-21-27-9-3-4-10-30(27)37(32)31-11-5-6-12-33(31)40-38/h3-24H,2H2,1H3. The molecule has 0 saturated heterocycles. The molecule has 0 aliphatic heterocycles. The molecule has 0 fully saturated rings. The number of pyridine rings is 1. The highest BCUT2D eigenvalue weighted by atomic mass is 15.1. The summed E-state index contributed by atoms with van der Waals surface area (Å²) in [4.78, 5) is 10.00. The van der Waals surface area contributed by atoms with Gasteiger partial charge in [-0.2, -0.15) is 0 Å². The number of hydrogen-bond donors (Lipinski definition) is 0. The van der Waals surface area contributed by atoms with Crippen molar-refractivity contribution in [1.82, 2.24) is 14.5 Å². The first-order valence-electron chi connectivity index (χ1n) is 14.2. The molecule has 0 atom stereocenters. The third-order valence-electron chi connectivity index (χ3n) is 8.15. The first kappa shape index (κ1) is 23.6. The summed E-state index contributed by atoms with van der Waals surface area (Å²) >= 11 is 0. The van der Waals surface area contributed by atoms with Gasteiger partial charge in [0.25, 0.3) is 0 Å². The molecule has 0 radical (unpaired) electrons. The summed E-state index contributed by atoms with van der Waals surface area (Å²) in [6, 6.07) is 47.5. The van der Waals surface area contributed by atoms with Crippen LogP contribution in [0.3, 0.4) is 0 Å². The smallest absolute Gasteiger partial charge is 0.114 e. The molecular formula is C38H27N3. The number of fused-ring (bicyclic) bond motifs is 6. The predicted molar refractivity (Wildman–Crippen MR) is 172 cm³/mol. The molecule has 0 unspecified atom stereocenters. The Bertz CT molecular complexity index is 2210. The minimum atomic E-state index is 0.880. The maximum absolute atomic E-state index is 5.16. The number of benzene rings is 6. The van der Waals surface area contributed by atoms with Gasteiger partial charge < -0.3 is 0 Å². The zero-order valence-electron chi connectivity index (χ0n) is 22.8. The Morgan fingerprint density at radius 1 is 0.512 bits per heavy atom. The quantitative estimate of drug-likeness (QED) is 0.214. The first-order valence-corrected chi connectivity index (χ1v) is 14.2. The van der Waals surface area contributed by atoms with Crippen molar-refractivity contribution in [2.45, 2.75) is 13.3 Å². The summed E-state index contributed by atoms with van der Waals surface area (Å²) in [7, 11) is 0. The van der Waals surface area contributed by atoms with Crippen LogP contribution in [0.15, 0.2) is 133 Å². The number of imidazole rings is 1. The Hall–Kier alpha value is -5.28. The third-order valence-corrected chi connectivity index (χ3v) is 8.15. The molecule has 0 saturated carbocycles. The molecule has 6 aromatic carbocycles. The molecule has 0 bridgehead atoms. The Balaban J connectivity index is 1.20. The van der Waals surface area contributed by atoms with Gasteiger partial charge in [0.1, 0.15) is 5.82 Å². The number of hydrogen-bond acceptors (Lipinski definition) is 2. The Morgan fingerprint density at radius 2 is 1.15 bits per heavy atom. The van der Waals surface area contributed by atoms with Crippen molar-refractivity contribution in [3.05, 3.63) is 139 Å². The van der Waals surface area contributed by atoms with Crippen molar-refractivity contribution >= 4 is 43.5 Å². The molecule has 0 aliphatic rings. The van der Waals surface area contributed by atoms with E-state index in [-0.39, 0.29) is 0 Å². The van der Waals surface area contributed by atoms with Gasteiger partial charge in [0.15, 0.2) is 0 Å². The maximum atomic E-state index is 5.16. The fourth-order valence-corrected chi connectivity index (χ4v) is 6.17. The van der Waals surface area contributed by atoms with Crippen LogP contribution in [0, 0.1) is 0 Å². The van der Waals surface area contributed by atoms with Gasteiger partial charge in [0.05, 0.1) is 22.2 Å². The molecule has 2 aromatic heterocycles. The van der Waals surface area contributed by atoms with Crippen LogP contribution in [0.25, 0.3) is 71.6 Å². The van der Waals surface area contributed by atoms with Crippen molar-refractivity contribution in [3.63, 3.8) is 0 Å². The zero-order valence-corrected chi connectivity index (χ0v) is 22.8. The summed E-state index contributed by atoms with van der Waals surface area (Å²) in [5.74, 6) is 1.08. The van der Waals surface area contributed by atoms with Crippen LogP contribution < -0.4 is 0 Å². The number of aromatic nitrogens is 3. The van der Waals surface area contributed by atoms with E-state index in [9.17, 15) is 0 Å². The van der Waals surface area contributed by atoms with E-state index < -0.39 is 0 Å². The highest BCUT2D eigenvalue weighted by Crippen LogP contribution is 2.37. The third kappa shape index (κ3) is 3.81. The largest absolute Gasteiger partial charge is 0.296 e. The molecule has 41 heavy (non-hydrogen) atoms. The molecule has 0 aliphatic carbocycles. The number of nitrogens with zero attached hydrogens (tertiary/aromatic N) is 3. The van der Waals surface area contributed by atoms with Gasteiger partial charge >= 0.3 is 0 Å². The lowest BCUT2D eigenvalue weighted by molar-refractivity contribution is 0.908. The summed E-state index contributed by atoms with van der Waals surface area (Å²) in [6.07, 6.45) is 0.880. The minimum absolute atomic E-state index is 0.880. The van der Waals surface area contributed by atoms with Gasteiger partial charge in [0, 0.05) is 33.8 Å².